The molecule has 0 aliphatic carbocycles. The van der Waals surface area contributed by atoms with Crippen LogP contribution >= 0.6 is 0 Å². The Balaban J connectivity index is 1.19. The van der Waals surface area contributed by atoms with Crippen LogP contribution in [0.5, 0.6) is 6.01 Å². The number of nitrogens with zero attached hydrogens (tertiary/aromatic N) is 5. The molecule has 2 amide bonds. The molecule has 43 heavy (non-hydrogen) atoms. The zero-order valence-corrected chi connectivity index (χ0v) is 23.0. The predicted molar refractivity (Wildman–Crippen MR) is 157 cm³/mol. The van der Waals surface area contributed by atoms with Crippen molar-refractivity contribution >= 4 is 23.0 Å². The lowest BCUT2D eigenvalue weighted by molar-refractivity contribution is -0.0516. The van der Waals surface area contributed by atoms with E-state index in [1.165, 1.54) is 23.9 Å². The van der Waals surface area contributed by atoms with Crippen molar-refractivity contribution in [3.8, 4) is 28.4 Å². The number of pyridine rings is 1. The molecule has 13 heteroatoms. The summed E-state index contributed by atoms with van der Waals surface area (Å²) in [5, 5.41) is 13.7. The highest BCUT2D eigenvalue weighted by atomic mass is 19.1. The third-order valence-electron chi connectivity index (χ3n) is 6.90. The molecule has 0 spiro atoms. The van der Waals surface area contributed by atoms with Crippen LogP contribution in [0.4, 0.5) is 15.1 Å². The summed E-state index contributed by atoms with van der Waals surface area (Å²) in [6, 6.07) is 16.2. The highest BCUT2D eigenvalue weighted by Gasteiger charge is 2.22. The van der Waals surface area contributed by atoms with Crippen molar-refractivity contribution < 1.29 is 23.8 Å². The number of aromatic amines is 1. The number of urea groups is 1. The Morgan fingerprint density at radius 1 is 1.12 bits per heavy atom. The van der Waals surface area contributed by atoms with Crippen molar-refractivity contribution in [3.63, 3.8) is 0 Å². The fourth-order valence-electron chi connectivity index (χ4n) is 4.91. The summed E-state index contributed by atoms with van der Waals surface area (Å²) in [6.07, 6.45) is 4.62. The number of imidazole rings is 1. The van der Waals surface area contributed by atoms with Crippen molar-refractivity contribution in [1.29, 1.82) is 0 Å². The first-order chi connectivity index (χ1) is 21.1. The van der Waals surface area contributed by atoms with Crippen molar-refractivity contribution in [2.75, 3.05) is 38.4 Å². The van der Waals surface area contributed by atoms with E-state index in [4.69, 9.17) is 14.6 Å². The Morgan fingerprint density at radius 2 is 1.95 bits per heavy atom. The molecular formula is C30H29FN8O4. The molecule has 220 valence electrons. The maximum Gasteiger partial charge on any atom is 0.323 e. The van der Waals surface area contributed by atoms with Gasteiger partial charge in [-0.1, -0.05) is 30.3 Å². The van der Waals surface area contributed by atoms with Crippen molar-refractivity contribution in [3.05, 3.63) is 84.6 Å². The highest BCUT2D eigenvalue weighted by molar-refractivity contribution is 5.98. The molecule has 1 aliphatic heterocycles. The van der Waals surface area contributed by atoms with Crippen LogP contribution in [0.25, 0.3) is 33.4 Å². The summed E-state index contributed by atoms with van der Waals surface area (Å²) in [4.78, 5) is 34.7. The Morgan fingerprint density at radius 3 is 2.74 bits per heavy atom. The van der Waals surface area contributed by atoms with Gasteiger partial charge in [-0.3, -0.25) is 15.2 Å². The number of ether oxygens (including phenoxy) is 2. The molecule has 5 aromatic rings. The van der Waals surface area contributed by atoms with Crippen LogP contribution in [0.3, 0.4) is 0 Å². The lowest BCUT2D eigenvalue weighted by Gasteiger charge is -2.32. The van der Waals surface area contributed by atoms with Crippen LogP contribution in [-0.4, -0.2) is 80.1 Å². The van der Waals surface area contributed by atoms with Gasteiger partial charge in [-0.05, 0) is 35.4 Å². The van der Waals surface area contributed by atoms with Gasteiger partial charge in [0.25, 0.3) is 0 Å². The molecule has 1 fully saturated rings. The summed E-state index contributed by atoms with van der Waals surface area (Å²) < 4.78 is 26.6. The van der Waals surface area contributed by atoms with E-state index in [0.29, 0.717) is 40.9 Å². The van der Waals surface area contributed by atoms with E-state index in [2.05, 4.69) is 52.6 Å². The molecule has 1 unspecified atom stereocenters. The van der Waals surface area contributed by atoms with Crippen LogP contribution < -0.4 is 15.4 Å². The summed E-state index contributed by atoms with van der Waals surface area (Å²) in [5.74, 6) is -0.410. The number of fused-ring (bicyclic) bond motifs is 1. The van der Waals surface area contributed by atoms with Gasteiger partial charge in [0.05, 0.1) is 12.1 Å². The zero-order chi connectivity index (χ0) is 29.6. The number of rotatable bonds is 9. The summed E-state index contributed by atoms with van der Waals surface area (Å²) >= 11 is 0. The number of aliphatic hydroxyl groups is 1. The average Bonchev–Trinajstić information content (AvgIpc) is 3.43. The maximum absolute atomic E-state index is 14.8. The fourth-order valence-corrected chi connectivity index (χ4v) is 4.91. The molecule has 4 heterocycles. The number of carbonyl (C=O) groups excluding carboxylic acids is 1. The molecule has 0 radical (unpaired) electrons. The molecule has 1 saturated heterocycles. The smallest absolute Gasteiger partial charge is 0.323 e. The minimum absolute atomic E-state index is 0.0990. The second kappa shape index (κ2) is 12.9. The third kappa shape index (κ3) is 6.75. The van der Waals surface area contributed by atoms with E-state index >= 15 is 0 Å². The van der Waals surface area contributed by atoms with Crippen LogP contribution in [0.2, 0.25) is 0 Å². The Hall–Kier alpha value is -4.98. The third-order valence-corrected chi connectivity index (χ3v) is 6.90. The molecule has 0 saturated carbocycles. The zero-order valence-electron chi connectivity index (χ0n) is 23.0. The molecule has 1 atom stereocenters. The number of hydrogen-bond donors (Lipinski definition) is 4. The molecule has 12 nitrogen and oxygen atoms in total. The number of nitrogens with one attached hydrogen (secondary N) is 3. The molecule has 1 aliphatic rings. The number of hydrogen-bond acceptors (Lipinski definition) is 9. The van der Waals surface area contributed by atoms with Gasteiger partial charge in [0.15, 0.2) is 0 Å². The molecule has 3 aromatic heterocycles. The number of amides is 2. The van der Waals surface area contributed by atoms with Gasteiger partial charge >= 0.3 is 12.0 Å². The van der Waals surface area contributed by atoms with Crippen LogP contribution in [0.15, 0.2) is 73.2 Å². The monoisotopic (exact) mass is 584 g/mol. The van der Waals surface area contributed by atoms with Gasteiger partial charge in [-0.15, -0.1) is 0 Å². The summed E-state index contributed by atoms with van der Waals surface area (Å²) in [6.45, 7) is 2.84. The van der Waals surface area contributed by atoms with E-state index in [0.717, 1.165) is 19.6 Å². The standard InChI is InChI=1S/C30H29FN8O4/c31-24-7-4-8-32-26(24)23-11-20(12-25-27(23)37-28(36-25)38-29(41)35-18-40)21-13-33-30(34-14-21)43-17-22-16-39(9-10-42-22)15-19-5-2-1-3-6-19/h1-8,11-14,22,40H,9-10,15-18H2,(H3,35,36,37,38,41). The van der Waals surface area contributed by atoms with Crippen LogP contribution in [0.1, 0.15) is 5.56 Å². The lowest BCUT2D eigenvalue weighted by atomic mass is 10.0. The fraction of sp³-hybridized carbons (Fsp3) is 0.233. The Bertz CT molecular complexity index is 1700. The first-order valence-corrected chi connectivity index (χ1v) is 13.7. The van der Waals surface area contributed by atoms with E-state index in [9.17, 15) is 9.18 Å². The first kappa shape index (κ1) is 28.2. The number of anilines is 1. The van der Waals surface area contributed by atoms with Gasteiger partial charge in [-0.25, -0.2) is 24.1 Å². The number of halogens is 1. The van der Waals surface area contributed by atoms with E-state index in [1.54, 1.807) is 24.5 Å². The number of carbonyl (C=O) groups is 1. The van der Waals surface area contributed by atoms with Crippen molar-refractivity contribution in [2.24, 2.45) is 0 Å². The van der Waals surface area contributed by atoms with Crippen LogP contribution in [-0.2, 0) is 11.3 Å². The van der Waals surface area contributed by atoms with Gasteiger partial charge in [0, 0.05) is 49.4 Å². The first-order valence-electron chi connectivity index (χ1n) is 13.7. The number of H-pyrrole nitrogens is 1. The quantitative estimate of drug-likeness (QED) is 0.191. The molecule has 0 bridgehead atoms. The van der Waals surface area contributed by atoms with E-state index in [-0.39, 0.29) is 23.8 Å². The molecule has 4 N–H and O–H groups in total. The second-order valence-electron chi connectivity index (χ2n) is 9.91. The number of aromatic nitrogens is 5. The predicted octanol–water partition coefficient (Wildman–Crippen LogP) is 3.57. The number of morpholine rings is 1. The van der Waals surface area contributed by atoms with Gasteiger partial charge in [0.2, 0.25) is 5.95 Å². The lowest BCUT2D eigenvalue weighted by Crippen LogP contribution is -2.44. The van der Waals surface area contributed by atoms with Crippen molar-refractivity contribution in [2.45, 2.75) is 12.6 Å². The highest BCUT2D eigenvalue weighted by Crippen LogP contribution is 2.34. The molecule has 6 rings (SSSR count). The molecule has 2 aromatic carbocycles. The Kier molecular flexibility index (Phi) is 8.45. The van der Waals surface area contributed by atoms with Gasteiger partial charge < -0.3 is 24.9 Å². The molecular weight excluding hydrogens is 555 g/mol. The summed E-state index contributed by atoms with van der Waals surface area (Å²) in [7, 11) is 0. The minimum Gasteiger partial charge on any atom is -0.461 e. The second-order valence-corrected chi connectivity index (χ2v) is 9.91. The van der Waals surface area contributed by atoms with E-state index in [1.807, 2.05) is 18.2 Å². The minimum atomic E-state index is -0.654. The number of benzene rings is 2. The van der Waals surface area contributed by atoms with Crippen molar-refractivity contribution in [1.82, 2.24) is 35.1 Å². The number of aliphatic hydroxyl groups excluding tert-OH is 1. The summed E-state index contributed by atoms with van der Waals surface area (Å²) in [5.41, 5.74) is 4.00. The normalized spacial score (nSPS) is 15.3. The van der Waals surface area contributed by atoms with Gasteiger partial charge in [-0.2, -0.15) is 0 Å². The Labute approximate surface area is 245 Å². The van der Waals surface area contributed by atoms with E-state index < -0.39 is 18.6 Å². The van der Waals surface area contributed by atoms with Gasteiger partial charge in [0.1, 0.15) is 36.5 Å². The largest absolute Gasteiger partial charge is 0.461 e. The maximum atomic E-state index is 14.8. The topological polar surface area (TPSA) is 150 Å². The average molecular weight is 585 g/mol. The SMILES string of the molecule is O=C(NCO)Nc1nc2c(-c3ncccc3F)cc(-c3cnc(OCC4CN(Cc5ccccc5)CCO4)nc3)cc2[nH]1. The van der Waals surface area contributed by atoms with Crippen LogP contribution in [0, 0.1) is 5.82 Å².